The Bertz CT molecular complexity index is 1930. The zero-order chi connectivity index (χ0) is 32.3. The molecule has 0 spiro atoms. The van der Waals surface area contributed by atoms with E-state index in [9.17, 15) is 29.1 Å². The Hall–Kier alpha value is -5.37. The number of carbonyl (C=O) groups excluding carboxylic acids is 5. The summed E-state index contributed by atoms with van der Waals surface area (Å²) in [5, 5.41) is 11.4. The number of imide groups is 1. The van der Waals surface area contributed by atoms with Crippen LogP contribution in [0.3, 0.4) is 0 Å². The highest BCUT2D eigenvalue weighted by atomic mass is 16.5. The summed E-state index contributed by atoms with van der Waals surface area (Å²) in [5.41, 5.74) is 3.94. The zero-order valence-corrected chi connectivity index (χ0v) is 25.4. The minimum atomic E-state index is -0.773. The number of phenolic OH excluding ortho intramolecular Hbond substituents is 1. The molecule has 46 heavy (non-hydrogen) atoms. The quantitative estimate of drug-likeness (QED) is 0.161. The molecule has 1 heterocycles. The van der Waals surface area contributed by atoms with E-state index in [1.165, 1.54) is 24.0 Å². The van der Waals surface area contributed by atoms with Gasteiger partial charge in [-0.05, 0) is 74.6 Å². The van der Waals surface area contributed by atoms with E-state index >= 15 is 0 Å². The fraction of sp³-hybridized carbons (Fsp3) is 0.237. The molecule has 3 aliphatic carbocycles. The normalized spacial score (nSPS) is 23.8. The third-order valence-corrected chi connectivity index (χ3v) is 9.66. The molecule has 4 aliphatic rings. The van der Waals surface area contributed by atoms with Crippen molar-refractivity contribution in [3.8, 4) is 11.5 Å². The smallest absolute Gasteiger partial charge is 0.238 e. The van der Waals surface area contributed by atoms with Gasteiger partial charge in [0.1, 0.15) is 18.1 Å². The van der Waals surface area contributed by atoms with Crippen molar-refractivity contribution in [1.29, 1.82) is 0 Å². The number of benzene rings is 3. The number of ether oxygens (including phenoxy) is 1. The summed E-state index contributed by atoms with van der Waals surface area (Å²) in [6.07, 6.45) is 3.67. The van der Waals surface area contributed by atoms with Gasteiger partial charge in [0.2, 0.25) is 11.8 Å². The molecule has 0 bridgehead atoms. The van der Waals surface area contributed by atoms with Crippen LogP contribution >= 0.6 is 0 Å². The molecule has 1 N–H and O–H groups in total. The third kappa shape index (κ3) is 4.72. The maximum atomic E-state index is 14.1. The molecule has 8 nitrogen and oxygen atoms in total. The number of anilines is 1. The zero-order valence-electron chi connectivity index (χ0n) is 25.4. The highest BCUT2D eigenvalue weighted by molar-refractivity contribution is 6.25. The number of aromatic hydroxyl groups is 1. The minimum absolute atomic E-state index is 0.0985. The summed E-state index contributed by atoms with van der Waals surface area (Å²) < 4.78 is 5.91. The highest BCUT2D eigenvalue weighted by Crippen LogP contribution is 2.56. The van der Waals surface area contributed by atoms with Gasteiger partial charge in [0.25, 0.3) is 0 Å². The van der Waals surface area contributed by atoms with Gasteiger partial charge < -0.3 is 9.84 Å². The Kier molecular flexibility index (Phi) is 7.15. The molecule has 3 aromatic rings. The Morgan fingerprint density at radius 2 is 1.67 bits per heavy atom. The lowest BCUT2D eigenvalue weighted by atomic mass is 9.59. The number of allylic oxidation sites excluding steroid dienone is 6. The first-order valence-corrected chi connectivity index (χ1v) is 15.3. The van der Waals surface area contributed by atoms with E-state index in [0.717, 1.165) is 11.1 Å². The lowest BCUT2D eigenvalue weighted by Gasteiger charge is -2.42. The second-order valence-electron chi connectivity index (χ2n) is 12.3. The third-order valence-electron chi connectivity index (χ3n) is 9.66. The molecule has 230 valence electrons. The number of rotatable bonds is 6. The maximum Gasteiger partial charge on any atom is 0.238 e. The summed E-state index contributed by atoms with van der Waals surface area (Å²) in [5.74, 6) is -3.75. The molecule has 0 saturated carbocycles. The number of nitrogens with zero attached hydrogens (tertiary/aromatic N) is 1. The summed E-state index contributed by atoms with van der Waals surface area (Å²) in [7, 11) is 0. The molecule has 4 atom stereocenters. The molecular formula is C38H31NO7. The van der Waals surface area contributed by atoms with Crippen LogP contribution in [0.1, 0.15) is 54.1 Å². The van der Waals surface area contributed by atoms with Gasteiger partial charge in [0, 0.05) is 39.8 Å². The summed E-state index contributed by atoms with van der Waals surface area (Å²) >= 11 is 0. The Balaban J connectivity index is 1.27. The fourth-order valence-electron chi connectivity index (χ4n) is 7.44. The first-order chi connectivity index (χ1) is 22.1. The van der Waals surface area contributed by atoms with Crippen molar-refractivity contribution in [3.05, 3.63) is 124 Å². The van der Waals surface area contributed by atoms with Gasteiger partial charge in [0.15, 0.2) is 17.3 Å². The van der Waals surface area contributed by atoms with E-state index in [4.69, 9.17) is 4.74 Å². The molecule has 8 heteroatoms. The lowest BCUT2D eigenvalue weighted by Crippen LogP contribution is -2.39. The average Bonchev–Trinajstić information content (AvgIpc) is 3.31. The van der Waals surface area contributed by atoms with Crippen molar-refractivity contribution in [1.82, 2.24) is 0 Å². The molecule has 0 aromatic heterocycles. The van der Waals surface area contributed by atoms with E-state index in [-0.39, 0.29) is 47.8 Å². The van der Waals surface area contributed by atoms with Gasteiger partial charge in [-0.2, -0.15) is 0 Å². The fourth-order valence-corrected chi connectivity index (χ4v) is 7.44. The molecule has 0 radical (unpaired) electrons. The largest absolute Gasteiger partial charge is 0.507 e. The van der Waals surface area contributed by atoms with Crippen LogP contribution < -0.4 is 9.64 Å². The van der Waals surface area contributed by atoms with Crippen molar-refractivity contribution in [2.24, 2.45) is 17.8 Å². The first-order valence-electron chi connectivity index (χ1n) is 15.3. The van der Waals surface area contributed by atoms with E-state index in [0.29, 0.717) is 45.9 Å². The van der Waals surface area contributed by atoms with E-state index in [1.54, 1.807) is 43.3 Å². The van der Waals surface area contributed by atoms with Gasteiger partial charge in [-0.25, -0.2) is 0 Å². The number of hydrogen-bond acceptors (Lipinski definition) is 7. The number of fused-ring (bicyclic) bond motifs is 3. The maximum absolute atomic E-state index is 14.1. The van der Waals surface area contributed by atoms with Crippen LogP contribution in [-0.4, -0.2) is 34.3 Å². The van der Waals surface area contributed by atoms with Crippen LogP contribution in [0, 0.1) is 17.8 Å². The van der Waals surface area contributed by atoms with E-state index in [2.05, 4.69) is 0 Å². The van der Waals surface area contributed by atoms with Crippen molar-refractivity contribution in [2.45, 2.75) is 39.2 Å². The second kappa shape index (κ2) is 11.2. The van der Waals surface area contributed by atoms with Gasteiger partial charge in [-0.15, -0.1) is 0 Å². The van der Waals surface area contributed by atoms with Gasteiger partial charge in [-0.3, -0.25) is 28.9 Å². The van der Waals surface area contributed by atoms with Gasteiger partial charge in [0.05, 0.1) is 17.5 Å². The van der Waals surface area contributed by atoms with Crippen LogP contribution in [-0.2, 0) is 25.8 Å². The summed E-state index contributed by atoms with van der Waals surface area (Å²) in [6.45, 7) is 3.35. The van der Waals surface area contributed by atoms with Crippen LogP contribution in [0.2, 0.25) is 0 Å². The van der Waals surface area contributed by atoms with Crippen LogP contribution in [0.15, 0.2) is 107 Å². The number of carbonyl (C=O) groups is 5. The van der Waals surface area contributed by atoms with Crippen LogP contribution in [0.25, 0.3) is 0 Å². The second-order valence-corrected chi connectivity index (χ2v) is 12.3. The van der Waals surface area contributed by atoms with Crippen LogP contribution in [0.4, 0.5) is 5.69 Å². The first kappa shape index (κ1) is 29.3. The summed E-state index contributed by atoms with van der Waals surface area (Å²) in [6, 6.07) is 20.9. The standard InChI is InChI=1S/C38H31NO7/c1-20-16-32(42)35-30(36(20)43)18-29-26(33(35)27-13-12-25(17-31(27)41)46-19-22-6-4-3-5-7-22)14-15-28-34(29)38(45)39(37(28)44)24-10-8-23(9-11-24)21(2)40/h3-14,16-17,28-29,33-34,41H,15,18-19H2,1-2H3. The molecule has 4 unspecified atom stereocenters. The Morgan fingerprint density at radius 3 is 2.37 bits per heavy atom. The molecule has 1 aliphatic heterocycles. The van der Waals surface area contributed by atoms with Crippen LogP contribution in [0.5, 0.6) is 11.5 Å². The van der Waals surface area contributed by atoms with Gasteiger partial charge >= 0.3 is 0 Å². The molecule has 2 amide bonds. The summed E-state index contributed by atoms with van der Waals surface area (Å²) in [4.78, 5) is 67.9. The van der Waals surface area contributed by atoms with E-state index < -0.39 is 23.7 Å². The number of hydrogen-bond donors (Lipinski definition) is 1. The van der Waals surface area contributed by atoms with Crippen molar-refractivity contribution >= 4 is 34.9 Å². The Morgan fingerprint density at radius 1 is 0.935 bits per heavy atom. The molecule has 1 saturated heterocycles. The number of ketones is 3. The highest BCUT2D eigenvalue weighted by Gasteiger charge is 2.56. The number of phenols is 1. The number of Topliss-reactive ketones (excluding diaryl/α,β-unsaturated/α-hetero) is 2. The topological polar surface area (TPSA) is 118 Å². The molecule has 7 rings (SSSR count). The van der Waals surface area contributed by atoms with Crippen molar-refractivity contribution < 1.29 is 33.8 Å². The van der Waals surface area contributed by atoms with Gasteiger partial charge in [-0.1, -0.05) is 48.0 Å². The SMILES string of the molecule is CC(=O)c1ccc(N2C(=O)C3CC=C4C(c5ccc(OCc6ccccc6)cc5O)C5=C(CC4C3C2=O)C(=O)C(C)=CC5=O)cc1. The Labute approximate surface area is 265 Å². The van der Waals surface area contributed by atoms with Crippen molar-refractivity contribution in [3.63, 3.8) is 0 Å². The predicted octanol–water partition coefficient (Wildman–Crippen LogP) is 5.81. The molecule has 3 aromatic carbocycles. The molecular weight excluding hydrogens is 582 g/mol. The minimum Gasteiger partial charge on any atom is -0.507 e. The predicted molar refractivity (Wildman–Crippen MR) is 169 cm³/mol. The monoisotopic (exact) mass is 613 g/mol. The lowest BCUT2D eigenvalue weighted by molar-refractivity contribution is -0.123. The average molecular weight is 614 g/mol. The number of amides is 2. The molecule has 1 fully saturated rings. The van der Waals surface area contributed by atoms with E-state index in [1.807, 2.05) is 36.4 Å². The van der Waals surface area contributed by atoms with Crippen molar-refractivity contribution in [2.75, 3.05) is 4.90 Å².